The van der Waals surface area contributed by atoms with Gasteiger partial charge in [0, 0.05) is 27.2 Å². The van der Waals surface area contributed by atoms with Crippen molar-refractivity contribution in [2.75, 3.05) is 0 Å². The van der Waals surface area contributed by atoms with E-state index in [4.69, 9.17) is 0 Å². The zero-order chi connectivity index (χ0) is 17.6. The van der Waals surface area contributed by atoms with E-state index in [-0.39, 0.29) is 23.0 Å². The van der Waals surface area contributed by atoms with E-state index in [2.05, 4.69) is 68.1 Å². The highest BCUT2D eigenvalue weighted by Crippen LogP contribution is 2.30. The lowest BCUT2D eigenvalue weighted by atomic mass is 9.79. The average molecular weight is 381 g/mol. The number of hydrogen-bond acceptors (Lipinski definition) is 2. The van der Waals surface area contributed by atoms with Crippen molar-refractivity contribution in [3.05, 3.63) is 32.8 Å². The molecular formula is C19H29BrN2O. The topological polar surface area (TPSA) is 41.1 Å². The van der Waals surface area contributed by atoms with Gasteiger partial charge < -0.3 is 10.6 Å². The summed E-state index contributed by atoms with van der Waals surface area (Å²) in [7, 11) is 0. The molecule has 1 aromatic rings. The summed E-state index contributed by atoms with van der Waals surface area (Å²) < 4.78 is 0.997. The van der Waals surface area contributed by atoms with Crippen LogP contribution in [0.5, 0.6) is 0 Å². The second-order valence-electron chi connectivity index (χ2n) is 8.25. The largest absolute Gasteiger partial charge is 0.349 e. The number of halogens is 1. The molecule has 1 saturated heterocycles. The van der Waals surface area contributed by atoms with Gasteiger partial charge in [-0.05, 0) is 84.1 Å². The molecule has 2 N–H and O–H groups in total. The molecule has 0 aromatic heterocycles. The fourth-order valence-corrected chi connectivity index (χ4v) is 4.46. The highest BCUT2D eigenvalue weighted by Gasteiger charge is 2.38. The lowest BCUT2D eigenvalue weighted by Gasteiger charge is -2.46. The second-order valence-corrected chi connectivity index (χ2v) is 9.11. The first-order chi connectivity index (χ1) is 10.4. The molecule has 0 bridgehead atoms. The van der Waals surface area contributed by atoms with Crippen LogP contribution >= 0.6 is 15.9 Å². The van der Waals surface area contributed by atoms with Gasteiger partial charge in [-0.3, -0.25) is 4.79 Å². The maximum Gasteiger partial charge on any atom is 0.251 e. The molecule has 23 heavy (non-hydrogen) atoms. The molecule has 3 nitrogen and oxygen atoms in total. The molecule has 0 radical (unpaired) electrons. The monoisotopic (exact) mass is 380 g/mol. The number of carbonyl (C=O) groups excluding carboxylic acids is 1. The Morgan fingerprint density at radius 3 is 2.13 bits per heavy atom. The molecule has 1 aliphatic heterocycles. The van der Waals surface area contributed by atoms with E-state index in [0.717, 1.165) is 28.4 Å². The smallest absolute Gasteiger partial charge is 0.251 e. The van der Waals surface area contributed by atoms with Gasteiger partial charge in [0.1, 0.15) is 0 Å². The van der Waals surface area contributed by atoms with Crippen LogP contribution in [0.2, 0.25) is 0 Å². The van der Waals surface area contributed by atoms with Crippen molar-refractivity contribution in [2.24, 2.45) is 0 Å². The van der Waals surface area contributed by atoms with Crippen LogP contribution in [0.3, 0.4) is 0 Å². The Balaban J connectivity index is 2.23. The van der Waals surface area contributed by atoms with Crippen molar-refractivity contribution < 1.29 is 4.79 Å². The summed E-state index contributed by atoms with van der Waals surface area (Å²) in [5.41, 5.74) is 4.26. The predicted octanol–water partition coefficient (Wildman–Crippen LogP) is 4.41. The van der Waals surface area contributed by atoms with Gasteiger partial charge in [0.2, 0.25) is 0 Å². The van der Waals surface area contributed by atoms with Gasteiger partial charge in [-0.15, -0.1) is 0 Å². The van der Waals surface area contributed by atoms with Gasteiger partial charge in [-0.2, -0.15) is 0 Å². The molecule has 4 heteroatoms. The number of hydrogen-bond donors (Lipinski definition) is 2. The molecule has 0 unspecified atom stereocenters. The number of benzene rings is 1. The minimum atomic E-state index is 0.0263. The van der Waals surface area contributed by atoms with Gasteiger partial charge in [-0.1, -0.05) is 15.9 Å². The second kappa shape index (κ2) is 6.21. The minimum absolute atomic E-state index is 0.0263. The predicted molar refractivity (Wildman–Crippen MR) is 100 cm³/mol. The molecule has 1 amide bonds. The van der Waals surface area contributed by atoms with Crippen molar-refractivity contribution in [3.8, 4) is 0 Å². The van der Waals surface area contributed by atoms with Gasteiger partial charge in [0.05, 0.1) is 0 Å². The highest BCUT2D eigenvalue weighted by molar-refractivity contribution is 9.10. The Bertz CT molecular complexity index is 619. The summed E-state index contributed by atoms with van der Waals surface area (Å²) in [5.74, 6) is 0.0322. The lowest BCUT2D eigenvalue weighted by molar-refractivity contribution is 0.0872. The third kappa shape index (κ3) is 4.16. The fraction of sp³-hybridized carbons (Fsp3) is 0.632. The Morgan fingerprint density at radius 1 is 1.09 bits per heavy atom. The van der Waals surface area contributed by atoms with Crippen LogP contribution in [0.1, 0.15) is 67.6 Å². The molecule has 1 aliphatic rings. The third-order valence-electron chi connectivity index (χ3n) is 4.93. The van der Waals surface area contributed by atoms with Gasteiger partial charge in [-0.25, -0.2) is 0 Å². The molecular weight excluding hydrogens is 352 g/mol. The van der Waals surface area contributed by atoms with E-state index in [1.807, 2.05) is 13.0 Å². The van der Waals surface area contributed by atoms with Gasteiger partial charge in [0.15, 0.2) is 0 Å². The van der Waals surface area contributed by atoms with Crippen molar-refractivity contribution in [1.29, 1.82) is 0 Å². The first kappa shape index (κ1) is 18.5. The quantitative estimate of drug-likeness (QED) is 0.797. The van der Waals surface area contributed by atoms with Crippen LogP contribution in [0.25, 0.3) is 0 Å². The normalized spacial score (nSPS) is 20.3. The van der Waals surface area contributed by atoms with Crippen molar-refractivity contribution in [2.45, 2.75) is 78.4 Å². The molecule has 1 heterocycles. The molecule has 0 spiro atoms. The maximum atomic E-state index is 12.8. The Kier molecular flexibility index (Phi) is 4.99. The maximum absolute atomic E-state index is 12.8. The van der Waals surface area contributed by atoms with Crippen LogP contribution in [-0.2, 0) is 0 Å². The first-order valence-corrected chi connectivity index (χ1v) is 9.08. The molecule has 0 aliphatic carbocycles. The highest BCUT2D eigenvalue weighted by atomic mass is 79.9. The average Bonchev–Trinajstić information content (AvgIpc) is 2.36. The summed E-state index contributed by atoms with van der Waals surface area (Å²) >= 11 is 3.57. The Labute approximate surface area is 148 Å². The number of piperidine rings is 1. The first-order valence-electron chi connectivity index (χ1n) is 8.28. The number of amides is 1. The zero-order valence-electron chi connectivity index (χ0n) is 15.4. The van der Waals surface area contributed by atoms with E-state index < -0.39 is 0 Å². The van der Waals surface area contributed by atoms with E-state index in [1.54, 1.807) is 0 Å². The molecule has 128 valence electrons. The zero-order valence-corrected chi connectivity index (χ0v) is 16.9. The van der Waals surface area contributed by atoms with Gasteiger partial charge >= 0.3 is 0 Å². The standard InChI is InChI=1S/C19H29BrN2O/c1-11-12(2)15(8-16(20)13(11)3)17(23)21-14-9-18(4,5)22-19(6,7)10-14/h8,14,22H,9-10H2,1-7H3,(H,21,23). The molecule has 1 aromatic carbocycles. The van der Waals surface area contributed by atoms with E-state index >= 15 is 0 Å². The van der Waals surface area contributed by atoms with Crippen molar-refractivity contribution in [1.82, 2.24) is 10.6 Å². The number of nitrogens with one attached hydrogen (secondary N) is 2. The fourth-order valence-electron chi connectivity index (χ4n) is 3.93. The van der Waals surface area contributed by atoms with E-state index in [9.17, 15) is 4.79 Å². The van der Waals surface area contributed by atoms with Crippen LogP contribution in [0.15, 0.2) is 10.5 Å². The Hall–Kier alpha value is -0.870. The summed E-state index contributed by atoms with van der Waals surface area (Å²) in [4.78, 5) is 12.8. The summed E-state index contributed by atoms with van der Waals surface area (Å²) in [6.07, 6.45) is 1.88. The van der Waals surface area contributed by atoms with Crippen molar-refractivity contribution in [3.63, 3.8) is 0 Å². The van der Waals surface area contributed by atoms with Crippen molar-refractivity contribution >= 4 is 21.8 Å². The number of carbonyl (C=O) groups is 1. The van der Waals surface area contributed by atoms with Crippen LogP contribution < -0.4 is 10.6 Å². The molecule has 1 fully saturated rings. The van der Waals surface area contributed by atoms with Crippen LogP contribution in [0.4, 0.5) is 0 Å². The minimum Gasteiger partial charge on any atom is -0.349 e. The summed E-state index contributed by atoms with van der Waals surface area (Å²) in [6, 6.07) is 2.14. The van der Waals surface area contributed by atoms with E-state index in [1.165, 1.54) is 11.1 Å². The lowest BCUT2D eigenvalue weighted by Crippen LogP contribution is -2.62. The Morgan fingerprint density at radius 2 is 1.61 bits per heavy atom. The van der Waals surface area contributed by atoms with E-state index in [0.29, 0.717) is 0 Å². The van der Waals surface area contributed by atoms with Crippen LogP contribution in [-0.4, -0.2) is 23.0 Å². The SMILES string of the molecule is Cc1c(Br)cc(C(=O)NC2CC(C)(C)NC(C)(C)C2)c(C)c1C. The number of rotatable bonds is 2. The summed E-state index contributed by atoms with van der Waals surface area (Å²) in [5, 5.41) is 6.91. The van der Waals surface area contributed by atoms with Crippen LogP contribution in [0, 0.1) is 20.8 Å². The third-order valence-corrected chi connectivity index (χ3v) is 5.75. The molecule has 2 rings (SSSR count). The molecule has 0 atom stereocenters. The van der Waals surface area contributed by atoms with Gasteiger partial charge in [0.25, 0.3) is 5.91 Å². The summed E-state index contributed by atoms with van der Waals surface area (Å²) in [6.45, 7) is 15.0. The molecule has 0 saturated carbocycles.